The van der Waals surface area contributed by atoms with Crippen molar-refractivity contribution in [2.24, 2.45) is 0 Å². The molecule has 8 heteroatoms. The molecule has 3 rings (SSSR count). The highest BCUT2D eigenvalue weighted by Crippen LogP contribution is 2.21. The van der Waals surface area contributed by atoms with Gasteiger partial charge in [-0.25, -0.2) is 4.79 Å². The average molecular weight is 345 g/mol. The van der Waals surface area contributed by atoms with Crippen molar-refractivity contribution in [3.05, 3.63) is 30.2 Å². The standard InChI is InChI=1S/C17H19N3O5/c1-24-12-6-4-11(5-7-12)16-18-14(25-19-16)8-9-15(21)20-10-2-3-13(20)17(22)23/h4-7,13H,2-3,8-10H2,1H3,(H,22,23)/t13-/m1/s1. The largest absolute Gasteiger partial charge is 0.497 e. The minimum Gasteiger partial charge on any atom is -0.497 e. The fraction of sp³-hybridized carbons (Fsp3) is 0.412. The minimum atomic E-state index is -0.953. The second-order valence-electron chi connectivity index (χ2n) is 5.82. The van der Waals surface area contributed by atoms with Gasteiger partial charge >= 0.3 is 5.97 Å². The number of amides is 1. The number of aromatic nitrogens is 2. The van der Waals surface area contributed by atoms with E-state index in [-0.39, 0.29) is 18.7 Å². The summed E-state index contributed by atoms with van der Waals surface area (Å²) in [7, 11) is 1.59. The van der Waals surface area contributed by atoms with E-state index in [2.05, 4.69) is 10.1 Å². The molecule has 8 nitrogen and oxygen atoms in total. The number of rotatable bonds is 6. The molecule has 0 saturated carbocycles. The van der Waals surface area contributed by atoms with Crippen LogP contribution < -0.4 is 4.74 Å². The van der Waals surface area contributed by atoms with Crippen molar-refractivity contribution in [2.75, 3.05) is 13.7 Å². The van der Waals surface area contributed by atoms with Crippen LogP contribution in [0.2, 0.25) is 0 Å². The summed E-state index contributed by atoms with van der Waals surface area (Å²) in [6.45, 7) is 0.483. The van der Waals surface area contributed by atoms with Gasteiger partial charge in [0.05, 0.1) is 7.11 Å². The van der Waals surface area contributed by atoms with Crippen LogP contribution in [0, 0.1) is 0 Å². The molecule has 0 aliphatic carbocycles. The van der Waals surface area contributed by atoms with Crippen LogP contribution in [0.3, 0.4) is 0 Å². The van der Waals surface area contributed by atoms with Gasteiger partial charge in [-0.2, -0.15) is 4.98 Å². The molecule has 0 unspecified atom stereocenters. The van der Waals surface area contributed by atoms with Crippen molar-refractivity contribution in [3.8, 4) is 17.1 Å². The zero-order chi connectivity index (χ0) is 17.8. The Balaban J connectivity index is 1.59. The van der Waals surface area contributed by atoms with Crippen molar-refractivity contribution >= 4 is 11.9 Å². The second kappa shape index (κ2) is 7.33. The highest BCUT2D eigenvalue weighted by molar-refractivity contribution is 5.84. The van der Waals surface area contributed by atoms with Crippen LogP contribution in [0.4, 0.5) is 0 Å². The van der Waals surface area contributed by atoms with Gasteiger partial charge in [0.1, 0.15) is 11.8 Å². The van der Waals surface area contributed by atoms with E-state index >= 15 is 0 Å². The number of aryl methyl sites for hydroxylation is 1. The van der Waals surface area contributed by atoms with Crippen molar-refractivity contribution in [1.82, 2.24) is 15.0 Å². The lowest BCUT2D eigenvalue weighted by Crippen LogP contribution is -2.40. The smallest absolute Gasteiger partial charge is 0.326 e. The predicted molar refractivity (Wildman–Crippen MR) is 87.0 cm³/mol. The predicted octanol–water partition coefficient (Wildman–Crippen LogP) is 1.75. The highest BCUT2D eigenvalue weighted by Gasteiger charge is 2.33. The van der Waals surface area contributed by atoms with Crippen LogP contribution in [-0.4, -0.2) is 51.7 Å². The number of carbonyl (C=O) groups is 2. The summed E-state index contributed by atoms with van der Waals surface area (Å²) in [5.41, 5.74) is 0.785. The Labute approximate surface area is 144 Å². The maximum absolute atomic E-state index is 12.2. The first-order valence-corrected chi connectivity index (χ1v) is 8.08. The third-order valence-electron chi connectivity index (χ3n) is 4.23. The number of hydrogen-bond acceptors (Lipinski definition) is 6. The molecule has 0 bridgehead atoms. The van der Waals surface area contributed by atoms with Gasteiger partial charge in [-0.05, 0) is 37.1 Å². The molecule has 1 amide bonds. The third-order valence-corrected chi connectivity index (χ3v) is 4.23. The van der Waals surface area contributed by atoms with Gasteiger partial charge in [0.15, 0.2) is 0 Å². The molecule has 1 aromatic carbocycles. The number of aliphatic carboxylic acids is 1. The molecule has 2 heterocycles. The molecule has 2 aromatic rings. The summed E-state index contributed by atoms with van der Waals surface area (Å²) in [4.78, 5) is 29.1. The van der Waals surface area contributed by atoms with Crippen molar-refractivity contribution in [2.45, 2.75) is 31.7 Å². The summed E-state index contributed by atoms with van der Waals surface area (Å²) in [6, 6.07) is 6.52. The van der Waals surface area contributed by atoms with Crippen LogP contribution in [0.15, 0.2) is 28.8 Å². The lowest BCUT2D eigenvalue weighted by Gasteiger charge is -2.20. The molecule has 1 saturated heterocycles. The Bertz CT molecular complexity index is 756. The van der Waals surface area contributed by atoms with Gasteiger partial charge in [-0.1, -0.05) is 5.16 Å². The van der Waals surface area contributed by atoms with Crippen LogP contribution in [-0.2, 0) is 16.0 Å². The number of carbonyl (C=O) groups excluding carboxylic acids is 1. The zero-order valence-corrected chi connectivity index (χ0v) is 13.8. The van der Waals surface area contributed by atoms with E-state index in [1.54, 1.807) is 19.2 Å². The first-order valence-electron chi connectivity index (χ1n) is 8.08. The Kier molecular flexibility index (Phi) is 4.97. The number of ether oxygens (including phenoxy) is 1. The number of benzene rings is 1. The van der Waals surface area contributed by atoms with Crippen LogP contribution in [0.25, 0.3) is 11.4 Å². The summed E-state index contributed by atoms with van der Waals surface area (Å²) >= 11 is 0. The molecule has 0 radical (unpaired) electrons. The normalized spacial score (nSPS) is 16.8. The number of nitrogens with zero attached hydrogens (tertiary/aromatic N) is 3. The zero-order valence-electron chi connectivity index (χ0n) is 13.8. The van der Waals surface area contributed by atoms with Crippen LogP contribution in [0.1, 0.15) is 25.2 Å². The molecule has 1 aliphatic heterocycles. The topological polar surface area (TPSA) is 106 Å². The Morgan fingerprint density at radius 2 is 2.12 bits per heavy atom. The van der Waals surface area contributed by atoms with E-state index in [0.717, 1.165) is 11.3 Å². The molecule has 1 atom stereocenters. The second-order valence-corrected chi connectivity index (χ2v) is 5.82. The molecule has 0 spiro atoms. The van der Waals surface area contributed by atoms with E-state index < -0.39 is 12.0 Å². The summed E-state index contributed by atoms with van der Waals surface area (Å²) in [5.74, 6) is 0.371. The molecule has 1 aromatic heterocycles. The lowest BCUT2D eigenvalue weighted by molar-refractivity contribution is -0.148. The van der Waals surface area contributed by atoms with Crippen molar-refractivity contribution in [1.29, 1.82) is 0 Å². The quantitative estimate of drug-likeness (QED) is 0.850. The van der Waals surface area contributed by atoms with E-state index in [9.17, 15) is 9.59 Å². The summed E-state index contributed by atoms with van der Waals surface area (Å²) in [5, 5.41) is 13.1. The van der Waals surface area contributed by atoms with Crippen molar-refractivity contribution < 1.29 is 24.0 Å². The first kappa shape index (κ1) is 16.9. The maximum atomic E-state index is 12.2. The monoisotopic (exact) mass is 345 g/mol. The fourth-order valence-corrected chi connectivity index (χ4v) is 2.89. The lowest BCUT2D eigenvalue weighted by atomic mass is 10.2. The fourth-order valence-electron chi connectivity index (χ4n) is 2.89. The Morgan fingerprint density at radius 3 is 2.80 bits per heavy atom. The molecule has 1 N–H and O–H groups in total. The molecular weight excluding hydrogens is 326 g/mol. The number of methoxy groups -OCH3 is 1. The Morgan fingerprint density at radius 1 is 1.36 bits per heavy atom. The summed E-state index contributed by atoms with van der Waals surface area (Å²) < 4.78 is 10.3. The highest BCUT2D eigenvalue weighted by atomic mass is 16.5. The SMILES string of the molecule is COc1ccc(-c2noc(CCC(=O)N3CCC[C@@H]3C(=O)O)n2)cc1. The van der Waals surface area contributed by atoms with Crippen molar-refractivity contribution in [3.63, 3.8) is 0 Å². The number of hydrogen-bond donors (Lipinski definition) is 1. The van der Waals surface area contributed by atoms with E-state index in [1.165, 1.54) is 4.90 Å². The maximum Gasteiger partial charge on any atom is 0.326 e. The molecule has 132 valence electrons. The van der Waals surface area contributed by atoms with E-state index in [4.69, 9.17) is 14.4 Å². The van der Waals surface area contributed by atoms with Crippen LogP contribution in [0.5, 0.6) is 5.75 Å². The third kappa shape index (κ3) is 3.78. The Hall–Kier alpha value is -2.90. The molecule has 1 fully saturated rings. The van der Waals surface area contributed by atoms with Gasteiger partial charge in [0, 0.05) is 24.9 Å². The van der Waals surface area contributed by atoms with Gasteiger partial charge in [-0.15, -0.1) is 0 Å². The van der Waals surface area contributed by atoms with Gasteiger partial charge in [-0.3, -0.25) is 4.79 Å². The molecular formula is C17H19N3O5. The van der Waals surface area contributed by atoms with E-state index in [0.29, 0.717) is 31.1 Å². The van der Waals surface area contributed by atoms with Gasteiger partial charge in [0.25, 0.3) is 0 Å². The van der Waals surface area contributed by atoms with Gasteiger partial charge in [0.2, 0.25) is 17.6 Å². The number of carboxylic acid groups (broad SMARTS) is 1. The number of likely N-dealkylation sites (tertiary alicyclic amines) is 1. The van der Waals surface area contributed by atoms with Gasteiger partial charge < -0.3 is 19.3 Å². The van der Waals surface area contributed by atoms with Crippen LogP contribution >= 0.6 is 0 Å². The minimum absolute atomic E-state index is 0.147. The average Bonchev–Trinajstić information content (AvgIpc) is 3.29. The molecule has 1 aliphatic rings. The first-order chi connectivity index (χ1) is 12.1. The number of carboxylic acids is 1. The summed E-state index contributed by atoms with van der Waals surface area (Å²) in [6.07, 6.45) is 1.65. The molecule has 25 heavy (non-hydrogen) atoms. The van der Waals surface area contributed by atoms with E-state index in [1.807, 2.05) is 12.1 Å².